The van der Waals surface area contributed by atoms with Crippen molar-refractivity contribution in [3.8, 4) is 0 Å². The van der Waals surface area contributed by atoms with Crippen LogP contribution < -0.4 is 5.32 Å². The van der Waals surface area contributed by atoms with Crippen molar-refractivity contribution in [3.05, 3.63) is 12.4 Å². The van der Waals surface area contributed by atoms with Crippen LogP contribution in [0.25, 0.3) is 0 Å². The molecule has 0 radical (unpaired) electrons. The summed E-state index contributed by atoms with van der Waals surface area (Å²) in [5.74, 6) is 0. The van der Waals surface area contributed by atoms with Gasteiger partial charge in [0.25, 0.3) is 0 Å². The number of aromatic nitrogens is 2. The summed E-state index contributed by atoms with van der Waals surface area (Å²) in [5, 5.41) is 7.30. The van der Waals surface area contributed by atoms with Crippen LogP contribution in [0.1, 0.15) is 19.8 Å². The van der Waals surface area contributed by atoms with Crippen molar-refractivity contribution in [2.75, 3.05) is 51.5 Å². The Morgan fingerprint density at radius 3 is 2.30 bits per heavy atom. The van der Waals surface area contributed by atoms with Gasteiger partial charge in [-0.3, -0.25) is 4.68 Å². The third kappa shape index (κ3) is 8.90. The molecule has 0 aliphatic rings. The Morgan fingerprint density at radius 2 is 1.70 bits per heavy atom. The van der Waals surface area contributed by atoms with E-state index < -0.39 is 0 Å². The molecule has 1 rings (SSSR count). The molecular formula is C14H27N3O3. The fraction of sp³-hybridized carbons (Fsp3) is 0.786. The van der Waals surface area contributed by atoms with Gasteiger partial charge in [0.2, 0.25) is 0 Å². The topological polar surface area (TPSA) is 57.5 Å². The molecule has 0 amide bonds. The molecule has 1 aromatic heterocycles. The van der Waals surface area contributed by atoms with Crippen LogP contribution in [0.3, 0.4) is 0 Å². The van der Waals surface area contributed by atoms with Gasteiger partial charge >= 0.3 is 0 Å². The summed E-state index contributed by atoms with van der Waals surface area (Å²) in [6, 6.07) is 0. The largest absolute Gasteiger partial charge is 0.380 e. The SMILES string of the molecule is CCCCOCCOCCOCCNc1cnn(C)c1. The third-order valence-corrected chi connectivity index (χ3v) is 2.67. The van der Waals surface area contributed by atoms with Crippen LogP contribution in [0, 0.1) is 0 Å². The first-order valence-corrected chi connectivity index (χ1v) is 7.28. The molecular weight excluding hydrogens is 258 g/mol. The number of anilines is 1. The van der Waals surface area contributed by atoms with E-state index >= 15 is 0 Å². The zero-order valence-corrected chi connectivity index (χ0v) is 12.6. The van der Waals surface area contributed by atoms with Gasteiger partial charge in [-0.05, 0) is 6.42 Å². The Balaban J connectivity index is 1.76. The zero-order chi connectivity index (χ0) is 14.5. The lowest BCUT2D eigenvalue weighted by molar-refractivity contribution is 0.0159. The van der Waals surface area contributed by atoms with E-state index in [4.69, 9.17) is 14.2 Å². The number of aryl methyl sites for hydroxylation is 1. The number of unbranched alkanes of at least 4 members (excludes halogenated alkanes) is 1. The van der Waals surface area contributed by atoms with Gasteiger partial charge in [0, 0.05) is 26.4 Å². The lowest BCUT2D eigenvalue weighted by Gasteiger charge is -2.07. The molecule has 0 saturated carbocycles. The second kappa shape index (κ2) is 11.7. The van der Waals surface area contributed by atoms with Gasteiger partial charge in [0.1, 0.15) is 0 Å². The fourth-order valence-electron chi connectivity index (χ4n) is 1.57. The first kappa shape index (κ1) is 16.9. The van der Waals surface area contributed by atoms with E-state index in [1.807, 2.05) is 13.2 Å². The molecule has 0 aliphatic heterocycles. The highest BCUT2D eigenvalue weighted by atomic mass is 16.5. The Morgan fingerprint density at radius 1 is 1.05 bits per heavy atom. The van der Waals surface area contributed by atoms with Crippen molar-refractivity contribution >= 4 is 5.69 Å². The molecule has 1 aromatic rings. The smallest absolute Gasteiger partial charge is 0.0727 e. The van der Waals surface area contributed by atoms with Crippen molar-refractivity contribution in [1.82, 2.24) is 9.78 Å². The van der Waals surface area contributed by atoms with Crippen LogP contribution in [-0.2, 0) is 21.3 Å². The molecule has 116 valence electrons. The van der Waals surface area contributed by atoms with E-state index in [1.165, 1.54) is 6.42 Å². The lowest BCUT2D eigenvalue weighted by atomic mass is 10.4. The minimum atomic E-state index is 0.615. The van der Waals surface area contributed by atoms with Crippen LogP contribution in [0.2, 0.25) is 0 Å². The van der Waals surface area contributed by atoms with E-state index in [1.54, 1.807) is 10.9 Å². The van der Waals surface area contributed by atoms with Gasteiger partial charge in [0.05, 0.1) is 44.9 Å². The average Bonchev–Trinajstić information content (AvgIpc) is 2.86. The van der Waals surface area contributed by atoms with Crippen LogP contribution >= 0.6 is 0 Å². The average molecular weight is 285 g/mol. The molecule has 0 aromatic carbocycles. The summed E-state index contributed by atoms with van der Waals surface area (Å²) < 4.78 is 18.0. The number of hydrogen-bond donors (Lipinski definition) is 1. The van der Waals surface area contributed by atoms with Gasteiger partial charge in [-0.15, -0.1) is 0 Å². The molecule has 0 unspecified atom stereocenters. The van der Waals surface area contributed by atoms with Crippen LogP contribution in [-0.4, -0.2) is 56.0 Å². The molecule has 0 saturated heterocycles. The van der Waals surface area contributed by atoms with E-state index in [2.05, 4.69) is 17.3 Å². The second-order valence-corrected chi connectivity index (χ2v) is 4.52. The highest BCUT2D eigenvalue weighted by molar-refractivity contribution is 5.37. The lowest BCUT2D eigenvalue weighted by Crippen LogP contribution is -2.13. The highest BCUT2D eigenvalue weighted by Crippen LogP contribution is 2.01. The Bertz CT molecular complexity index is 331. The molecule has 1 N–H and O–H groups in total. The number of hydrogen-bond acceptors (Lipinski definition) is 5. The van der Waals surface area contributed by atoms with Gasteiger partial charge < -0.3 is 19.5 Å². The maximum Gasteiger partial charge on any atom is 0.0727 e. The minimum Gasteiger partial charge on any atom is -0.380 e. The quantitative estimate of drug-likeness (QED) is 0.559. The van der Waals surface area contributed by atoms with E-state index in [-0.39, 0.29) is 0 Å². The maximum absolute atomic E-state index is 5.45. The van der Waals surface area contributed by atoms with Crippen molar-refractivity contribution in [2.24, 2.45) is 7.05 Å². The van der Waals surface area contributed by atoms with Crippen molar-refractivity contribution in [1.29, 1.82) is 0 Å². The zero-order valence-electron chi connectivity index (χ0n) is 12.6. The van der Waals surface area contributed by atoms with Crippen LogP contribution in [0.15, 0.2) is 12.4 Å². The van der Waals surface area contributed by atoms with Gasteiger partial charge in [-0.25, -0.2) is 0 Å². The molecule has 0 bridgehead atoms. The molecule has 0 spiro atoms. The summed E-state index contributed by atoms with van der Waals surface area (Å²) in [7, 11) is 1.89. The first-order chi connectivity index (χ1) is 9.83. The number of nitrogens with zero attached hydrogens (tertiary/aromatic N) is 2. The number of rotatable bonds is 13. The standard InChI is InChI=1S/C14H27N3O3/c1-3-4-6-18-8-10-20-11-9-19-7-5-15-14-12-16-17(2)13-14/h12-13,15H,3-11H2,1-2H3. The number of nitrogens with one attached hydrogen (secondary N) is 1. The molecule has 0 fully saturated rings. The molecule has 1 heterocycles. The molecule has 6 nitrogen and oxygen atoms in total. The summed E-state index contributed by atoms with van der Waals surface area (Å²) in [5.41, 5.74) is 1.01. The second-order valence-electron chi connectivity index (χ2n) is 4.52. The predicted molar refractivity (Wildman–Crippen MR) is 79.1 cm³/mol. The predicted octanol–water partition coefficient (Wildman–Crippen LogP) is 1.68. The van der Waals surface area contributed by atoms with Crippen LogP contribution in [0.4, 0.5) is 5.69 Å². The normalized spacial score (nSPS) is 10.9. The monoisotopic (exact) mass is 285 g/mol. The van der Waals surface area contributed by atoms with Crippen molar-refractivity contribution in [2.45, 2.75) is 19.8 Å². The number of ether oxygens (including phenoxy) is 3. The molecule has 0 atom stereocenters. The van der Waals surface area contributed by atoms with E-state index in [0.717, 1.165) is 25.3 Å². The molecule has 6 heteroatoms. The maximum atomic E-state index is 5.45. The third-order valence-electron chi connectivity index (χ3n) is 2.67. The van der Waals surface area contributed by atoms with E-state index in [0.29, 0.717) is 33.0 Å². The Hall–Kier alpha value is -1.11. The first-order valence-electron chi connectivity index (χ1n) is 7.28. The van der Waals surface area contributed by atoms with Crippen molar-refractivity contribution < 1.29 is 14.2 Å². The Kier molecular flexibility index (Phi) is 9.91. The summed E-state index contributed by atoms with van der Waals surface area (Å²) >= 11 is 0. The van der Waals surface area contributed by atoms with E-state index in [9.17, 15) is 0 Å². The highest BCUT2D eigenvalue weighted by Gasteiger charge is 1.95. The van der Waals surface area contributed by atoms with Gasteiger partial charge in [0.15, 0.2) is 0 Å². The van der Waals surface area contributed by atoms with Crippen LogP contribution in [0.5, 0.6) is 0 Å². The Labute approximate surface area is 121 Å². The molecule has 0 aliphatic carbocycles. The van der Waals surface area contributed by atoms with Gasteiger partial charge in [-0.1, -0.05) is 13.3 Å². The summed E-state index contributed by atoms with van der Waals surface area (Å²) in [6.07, 6.45) is 6.01. The minimum absolute atomic E-state index is 0.615. The summed E-state index contributed by atoms with van der Waals surface area (Å²) in [6.45, 7) is 6.95. The summed E-state index contributed by atoms with van der Waals surface area (Å²) in [4.78, 5) is 0. The fourth-order valence-corrected chi connectivity index (χ4v) is 1.57. The van der Waals surface area contributed by atoms with Crippen molar-refractivity contribution in [3.63, 3.8) is 0 Å². The molecule has 20 heavy (non-hydrogen) atoms. The van der Waals surface area contributed by atoms with Gasteiger partial charge in [-0.2, -0.15) is 5.10 Å².